The monoisotopic (exact) mass is 252 g/mol. The van der Waals surface area contributed by atoms with E-state index in [1.165, 1.54) is 5.56 Å². The van der Waals surface area contributed by atoms with Gasteiger partial charge in [-0.05, 0) is 43.4 Å². The van der Waals surface area contributed by atoms with Gasteiger partial charge < -0.3 is 14.9 Å². The maximum absolute atomic E-state index is 10.9. The average Bonchev–Trinajstić information content (AvgIpc) is 2.38. The quantitative estimate of drug-likeness (QED) is 0.743. The highest BCUT2D eigenvalue weighted by atomic mass is 16.5. The van der Waals surface area contributed by atoms with Gasteiger partial charge in [0.05, 0.1) is 13.0 Å². The second-order valence-corrected chi connectivity index (χ2v) is 4.29. The standard InChI is InChI=1S/C14H20O4/c1-18-13-7-5-11(6-8-13)3-2-4-12(9-10-15)14(16)17/h5-8,12,15H,2-4,9-10H2,1H3,(H,16,17). The summed E-state index contributed by atoms with van der Waals surface area (Å²) in [7, 11) is 1.63. The van der Waals surface area contributed by atoms with Crippen LogP contribution in [0.2, 0.25) is 0 Å². The van der Waals surface area contributed by atoms with E-state index in [1.807, 2.05) is 24.3 Å². The number of hydrogen-bond acceptors (Lipinski definition) is 3. The molecule has 1 rings (SSSR count). The zero-order valence-electron chi connectivity index (χ0n) is 10.6. The van der Waals surface area contributed by atoms with Crippen LogP contribution in [-0.2, 0) is 11.2 Å². The van der Waals surface area contributed by atoms with Crippen molar-refractivity contribution in [2.45, 2.75) is 25.7 Å². The molecule has 0 heterocycles. The van der Waals surface area contributed by atoms with Gasteiger partial charge in [0.15, 0.2) is 0 Å². The number of methoxy groups -OCH3 is 1. The number of carbonyl (C=O) groups is 1. The first kappa shape index (κ1) is 14.5. The molecule has 0 aliphatic rings. The van der Waals surface area contributed by atoms with Gasteiger partial charge in [-0.1, -0.05) is 12.1 Å². The second kappa shape index (κ2) is 7.71. The van der Waals surface area contributed by atoms with Crippen LogP contribution in [0.1, 0.15) is 24.8 Å². The number of rotatable bonds is 8. The van der Waals surface area contributed by atoms with Crippen molar-refractivity contribution in [3.63, 3.8) is 0 Å². The van der Waals surface area contributed by atoms with Gasteiger partial charge in [0.2, 0.25) is 0 Å². The summed E-state index contributed by atoms with van der Waals surface area (Å²) in [5.41, 5.74) is 1.17. The lowest BCUT2D eigenvalue weighted by molar-refractivity contribution is -0.142. The number of carboxylic acids is 1. The first-order valence-corrected chi connectivity index (χ1v) is 6.14. The molecule has 0 aliphatic carbocycles. The van der Waals surface area contributed by atoms with Crippen molar-refractivity contribution < 1.29 is 19.7 Å². The number of carboxylic acid groups (broad SMARTS) is 1. The van der Waals surface area contributed by atoms with E-state index in [2.05, 4.69) is 0 Å². The number of aliphatic carboxylic acids is 1. The fraction of sp³-hybridized carbons (Fsp3) is 0.500. The summed E-state index contributed by atoms with van der Waals surface area (Å²) in [6.45, 7) is -0.0699. The van der Waals surface area contributed by atoms with Crippen LogP contribution < -0.4 is 4.74 Å². The third-order valence-corrected chi connectivity index (χ3v) is 3.00. The van der Waals surface area contributed by atoms with E-state index in [1.54, 1.807) is 7.11 Å². The first-order valence-electron chi connectivity index (χ1n) is 6.14. The van der Waals surface area contributed by atoms with Gasteiger partial charge in [0, 0.05) is 6.61 Å². The third kappa shape index (κ3) is 4.75. The molecule has 0 spiro atoms. The summed E-state index contributed by atoms with van der Waals surface area (Å²) in [6, 6.07) is 7.77. The van der Waals surface area contributed by atoms with E-state index in [0.717, 1.165) is 18.6 Å². The maximum atomic E-state index is 10.9. The van der Waals surface area contributed by atoms with Gasteiger partial charge in [-0.25, -0.2) is 0 Å². The smallest absolute Gasteiger partial charge is 0.306 e. The van der Waals surface area contributed by atoms with Crippen LogP contribution in [0.5, 0.6) is 5.75 Å². The Kier molecular flexibility index (Phi) is 6.22. The summed E-state index contributed by atoms with van der Waals surface area (Å²) in [4.78, 5) is 10.9. The largest absolute Gasteiger partial charge is 0.497 e. The SMILES string of the molecule is COc1ccc(CCCC(CCO)C(=O)O)cc1. The first-order chi connectivity index (χ1) is 8.67. The highest BCUT2D eigenvalue weighted by molar-refractivity contribution is 5.69. The molecule has 2 N–H and O–H groups in total. The van der Waals surface area contributed by atoms with Crippen LogP contribution in [0.3, 0.4) is 0 Å². The molecule has 1 aromatic rings. The van der Waals surface area contributed by atoms with Crippen molar-refractivity contribution in [1.82, 2.24) is 0 Å². The lowest BCUT2D eigenvalue weighted by Crippen LogP contribution is -2.15. The summed E-state index contributed by atoms with van der Waals surface area (Å²) < 4.78 is 5.07. The normalized spacial score (nSPS) is 12.1. The van der Waals surface area contributed by atoms with E-state index in [4.69, 9.17) is 14.9 Å². The van der Waals surface area contributed by atoms with E-state index < -0.39 is 11.9 Å². The predicted molar refractivity (Wildman–Crippen MR) is 68.8 cm³/mol. The molecule has 0 saturated heterocycles. The van der Waals surface area contributed by atoms with Gasteiger partial charge >= 0.3 is 5.97 Å². The van der Waals surface area contributed by atoms with Crippen molar-refractivity contribution >= 4 is 5.97 Å². The van der Waals surface area contributed by atoms with Crippen molar-refractivity contribution in [3.8, 4) is 5.75 Å². The molecule has 0 bridgehead atoms. The van der Waals surface area contributed by atoms with Crippen LogP contribution in [0.25, 0.3) is 0 Å². The molecular formula is C14H20O4. The number of aliphatic hydroxyl groups excluding tert-OH is 1. The minimum absolute atomic E-state index is 0.0699. The van der Waals surface area contributed by atoms with Gasteiger partial charge in [-0.3, -0.25) is 4.79 Å². The molecule has 0 amide bonds. The molecule has 0 aromatic heterocycles. The summed E-state index contributed by atoms with van der Waals surface area (Å²) in [5, 5.41) is 17.7. The maximum Gasteiger partial charge on any atom is 0.306 e. The van der Waals surface area contributed by atoms with Gasteiger partial charge in [0.25, 0.3) is 0 Å². The molecule has 1 atom stereocenters. The van der Waals surface area contributed by atoms with E-state index >= 15 is 0 Å². The Labute approximate surface area is 107 Å². The average molecular weight is 252 g/mol. The topological polar surface area (TPSA) is 66.8 Å². The van der Waals surface area contributed by atoms with E-state index in [0.29, 0.717) is 12.8 Å². The zero-order chi connectivity index (χ0) is 13.4. The fourth-order valence-corrected chi connectivity index (χ4v) is 1.89. The van der Waals surface area contributed by atoms with Crippen LogP contribution >= 0.6 is 0 Å². The number of aliphatic hydroxyl groups is 1. The van der Waals surface area contributed by atoms with Crippen molar-refractivity contribution in [2.75, 3.05) is 13.7 Å². The van der Waals surface area contributed by atoms with Gasteiger partial charge in [-0.15, -0.1) is 0 Å². The summed E-state index contributed by atoms with van der Waals surface area (Å²) >= 11 is 0. The van der Waals surface area contributed by atoms with Crippen molar-refractivity contribution in [1.29, 1.82) is 0 Å². The zero-order valence-corrected chi connectivity index (χ0v) is 10.6. The third-order valence-electron chi connectivity index (χ3n) is 3.00. The van der Waals surface area contributed by atoms with Crippen LogP contribution in [0, 0.1) is 5.92 Å². The lowest BCUT2D eigenvalue weighted by atomic mass is 9.97. The Hall–Kier alpha value is -1.55. The Morgan fingerprint density at radius 3 is 2.44 bits per heavy atom. The molecule has 4 heteroatoms. The lowest BCUT2D eigenvalue weighted by Gasteiger charge is -2.10. The van der Waals surface area contributed by atoms with Crippen molar-refractivity contribution in [2.24, 2.45) is 5.92 Å². The minimum Gasteiger partial charge on any atom is -0.497 e. The Morgan fingerprint density at radius 2 is 1.94 bits per heavy atom. The van der Waals surface area contributed by atoms with Crippen molar-refractivity contribution in [3.05, 3.63) is 29.8 Å². The van der Waals surface area contributed by atoms with Gasteiger partial charge in [-0.2, -0.15) is 0 Å². The molecule has 18 heavy (non-hydrogen) atoms. The minimum atomic E-state index is -0.821. The number of benzene rings is 1. The Bertz CT molecular complexity index is 359. The fourth-order valence-electron chi connectivity index (χ4n) is 1.89. The highest BCUT2D eigenvalue weighted by Crippen LogP contribution is 2.16. The number of hydrogen-bond donors (Lipinski definition) is 2. The number of ether oxygens (including phenoxy) is 1. The molecule has 1 unspecified atom stereocenters. The predicted octanol–water partition coefficient (Wildman–Crippen LogP) is 2.10. The summed E-state index contributed by atoms with van der Waals surface area (Å²) in [5.74, 6) is -0.436. The van der Waals surface area contributed by atoms with Gasteiger partial charge in [0.1, 0.15) is 5.75 Å². The number of aryl methyl sites for hydroxylation is 1. The molecule has 1 aromatic carbocycles. The molecule has 0 aliphatic heterocycles. The Balaban J connectivity index is 2.37. The second-order valence-electron chi connectivity index (χ2n) is 4.29. The molecule has 100 valence electrons. The van der Waals surface area contributed by atoms with Crippen LogP contribution in [0.15, 0.2) is 24.3 Å². The molecule has 0 fully saturated rings. The van der Waals surface area contributed by atoms with Crippen LogP contribution in [0.4, 0.5) is 0 Å². The Morgan fingerprint density at radius 1 is 1.28 bits per heavy atom. The molecule has 0 radical (unpaired) electrons. The molecule has 4 nitrogen and oxygen atoms in total. The van der Waals surface area contributed by atoms with Crippen LogP contribution in [-0.4, -0.2) is 29.9 Å². The van der Waals surface area contributed by atoms with E-state index in [-0.39, 0.29) is 6.61 Å². The highest BCUT2D eigenvalue weighted by Gasteiger charge is 2.15. The molecular weight excluding hydrogens is 232 g/mol. The molecule has 0 saturated carbocycles. The summed E-state index contributed by atoms with van der Waals surface area (Å²) in [6.07, 6.45) is 2.59. The van der Waals surface area contributed by atoms with E-state index in [9.17, 15) is 4.79 Å².